The molecule has 4 heteroatoms. The second kappa shape index (κ2) is 7.97. The maximum Gasteiger partial charge on any atom is 0.141 e. The summed E-state index contributed by atoms with van der Waals surface area (Å²) in [6.07, 6.45) is 1.04. The summed E-state index contributed by atoms with van der Waals surface area (Å²) in [5.41, 5.74) is 4.55. The molecule has 0 bridgehead atoms. The fraction of sp³-hybridized carbons (Fsp3) is 0.174. The highest BCUT2D eigenvalue weighted by Crippen LogP contribution is 2.26. The lowest BCUT2D eigenvalue weighted by atomic mass is 10.2. The van der Waals surface area contributed by atoms with Crippen LogP contribution in [0.4, 0.5) is 0 Å². The Kier molecular flexibility index (Phi) is 5.26. The summed E-state index contributed by atoms with van der Waals surface area (Å²) in [7, 11) is 0. The van der Waals surface area contributed by atoms with Crippen molar-refractivity contribution in [3.8, 4) is 17.1 Å². The summed E-state index contributed by atoms with van der Waals surface area (Å²) in [4.78, 5) is 4.85. The molecule has 3 aromatic carbocycles. The number of rotatable bonds is 6. The third-order valence-corrected chi connectivity index (χ3v) is 5.20. The summed E-state index contributed by atoms with van der Waals surface area (Å²) in [6, 6.07) is 24.8. The zero-order valence-electron chi connectivity index (χ0n) is 15.2. The minimum absolute atomic E-state index is 0.593. The maximum absolute atomic E-state index is 5.98. The molecule has 4 aromatic rings. The Balaban J connectivity index is 1.59. The SMILES string of the molecule is CCc1ccc(OCCn2c(-c3ccc(Br)cc3)nc3ccccc32)cc1. The normalized spacial score (nSPS) is 11.0. The van der Waals surface area contributed by atoms with Gasteiger partial charge in [0.05, 0.1) is 17.6 Å². The van der Waals surface area contributed by atoms with Gasteiger partial charge in [0.25, 0.3) is 0 Å². The number of hydrogen-bond donors (Lipinski definition) is 0. The van der Waals surface area contributed by atoms with E-state index in [1.165, 1.54) is 5.56 Å². The molecule has 0 atom stereocenters. The van der Waals surface area contributed by atoms with Crippen molar-refractivity contribution in [1.82, 2.24) is 9.55 Å². The fourth-order valence-corrected chi connectivity index (χ4v) is 3.46. The van der Waals surface area contributed by atoms with E-state index >= 15 is 0 Å². The van der Waals surface area contributed by atoms with E-state index in [9.17, 15) is 0 Å². The van der Waals surface area contributed by atoms with E-state index in [0.717, 1.165) is 45.6 Å². The molecule has 0 N–H and O–H groups in total. The molecular formula is C23H21BrN2O. The number of benzene rings is 3. The molecule has 0 fully saturated rings. The number of aromatic nitrogens is 2. The molecule has 1 aromatic heterocycles. The lowest BCUT2D eigenvalue weighted by molar-refractivity contribution is 0.301. The number of para-hydroxylation sites is 2. The van der Waals surface area contributed by atoms with Gasteiger partial charge in [-0.05, 0) is 48.4 Å². The molecule has 1 heterocycles. The second-order valence-corrected chi connectivity index (χ2v) is 7.34. The number of fused-ring (bicyclic) bond motifs is 1. The lowest BCUT2D eigenvalue weighted by Crippen LogP contribution is -2.09. The highest BCUT2D eigenvalue weighted by atomic mass is 79.9. The molecule has 0 amide bonds. The minimum atomic E-state index is 0.593. The van der Waals surface area contributed by atoms with Gasteiger partial charge in [-0.3, -0.25) is 0 Å². The number of hydrogen-bond acceptors (Lipinski definition) is 2. The molecular weight excluding hydrogens is 400 g/mol. The van der Waals surface area contributed by atoms with Crippen LogP contribution in [-0.4, -0.2) is 16.2 Å². The smallest absolute Gasteiger partial charge is 0.141 e. The van der Waals surface area contributed by atoms with Crippen molar-refractivity contribution < 1.29 is 4.74 Å². The fourth-order valence-electron chi connectivity index (χ4n) is 3.20. The van der Waals surface area contributed by atoms with Crippen molar-refractivity contribution in [1.29, 1.82) is 0 Å². The molecule has 0 saturated carbocycles. The second-order valence-electron chi connectivity index (χ2n) is 6.43. The number of ether oxygens (including phenoxy) is 1. The van der Waals surface area contributed by atoms with E-state index < -0.39 is 0 Å². The van der Waals surface area contributed by atoms with E-state index in [1.807, 2.05) is 30.3 Å². The molecule has 0 radical (unpaired) electrons. The molecule has 136 valence electrons. The Bertz CT molecular complexity index is 1040. The number of nitrogens with zero attached hydrogens (tertiary/aromatic N) is 2. The summed E-state index contributed by atoms with van der Waals surface area (Å²) in [5, 5.41) is 0. The quantitative estimate of drug-likeness (QED) is 0.376. The molecule has 0 unspecified atom stereocenters. The molecule has 4 rings (SSSR count). The largest absolute Gasteiger partial charge is 0.492 e. The summed E-state index contributed by atoms with van der Waals surface area (Å²) >= 11 is 3.50. The van der Waals surface area contributed by atoms with Gasteiger partial charge < -0.3 is 9.30 Å². The van der Waals surface area contributed by atoms with Crippen molar-refractivity contribution in [2.45, 2.75) is 19.9 Å². The third-order valence-electron chi connectivity index (χ3n) is 4.67. The predicted octanol–water partition coefficient (Wildman–Crippen LogP) is 6.11. The standard InChI is InChI=1S/C23H21BrN2O/c1-2-17-7-13-20(14-8-17)27-16-15-26-22-6-4-3-5-21(22)25-23(26)18-9-11-19(24)12-10-18/h3-14H,2,15-16H2,1H3. The molecule has 3 nitrogen and oxygen atoms in total. The Hall–Kier alpha value is -2.59. The highest BCUT2D eigenvalue weighted by Gasteiger charge is 2.12. The van der Waals surface area contributed by atoms with E-state index in [1.54, 1.807) is 0 Å². The zero-order chi connectivity index (χ0) is 18.6. The third kappa shape index (κ3) is 3.91. The minimum Gasteiger partial charge on any atom is -0.492 e. The lowest BCUT2D eigenvalue weighted by Gasteiger charge is -2.11. The molecule has 0 saturated heterocycles. The van der Waals surface area contributed by atoms with Crippen molar-refractivity contribution >= 4 is 27.0 Å². The highest BCUT2D eigenvalue weighted by molar-refractivity contribution is 9.10. The van der Waals surface area contributed by atoms with Crippen LogP contribution >= 0.6 is 15.9 Å². The van der Waals surface area contributed by atoms with Gasteiger partial charge in [0, 0.05) is 10.0 Å². The van der Waals surface area contributed by atoms with Gasteiger partial charge in [-0.2, -0.15) is 0 Å². The first-order valence-corrected chi connectivity index (χ1v) is 9.97. The van der Waals surface area contributed by atoms with Crippen LogP contribution < -0.4 is 4.74 Å². The predicted molar refractivity (Wildman–Crippen MR) is 114 cm³/mol. The van der Waals surface area contributed by atoms with Crippen LogP contribution in [0.5, 0.6) is 5.75 Å². The Morgan fingerprint density at radius 3 is 2.41 bits per heavy atom. The van der Waals surface area contributed by atoms with E-state index in [-0.39, 0.29) is 0 Å². The van der Waals surface area contributed by atoms with Crippen molar-refractivity contribution in [2.75, 3.05) is 6.61 Å². The Morgan fingerprint density at radius 1 is 0.926 bits per heavy atom. The van der Waals surface area contributed by atoms with Gasteiger partial charge in [0.1, 0.15) is 18.2 Å². The summed E-state index contributed by atoms with van der Waals surface area (Å²) in [6.45, 7) is 3.49. The Morgan fingerprint density at radius 2 is 1.67 bits per heavy atom. The van der Waals surface area contributed by atoms with Gasteiger partial charge >= 0.3 is 0 Å². The molecule has 0 aliphatic rings. The van der Waals surface area contributed by atoms with E-state index in [4.69, 9.17) is 9.72 Å². The number of imidazole rings is 1. The molecule has 27 heavy (non-hydrogen) atoms. The molecule has 0 spiro atoms. The van der Waals surface area contributed by atoms with Crippen LogP contribution in [0.1, 0.15) is 12.5 Å². The van der Waals surface area contributed by atoms with Crippen molar-refractivity contribution in [3.05, 3.63) is 82.8 Å². The summed E-state index contributed by atoms with van der Waals surface area (Å²) < 4.78 is 9.28. The number of aryl methyl sites for hydroxylation is 1. The van der Waals surface area contributed by atoms with Gasteiger partial charge in [-0.15, -0.1) is 0 Å². The van der Waals surface area contributed by atoms with Gasteiger partial charge in [-0.25, -0.2) is 4.98 Å². The Labute approximate surface area is 167 Å². The van der Waals surface area contributed by atoms with Gasteiger partial charge in [0.15, 0.2) is 0 Å². The number of halogens is 1. The van der Waals surface area contributed by atoms with Crippen molar-refractivity contribution in [2.24, 2.45) is 0 Å². The topological polar surface area (TPSA) is 27.1 Å². The average molecular weight is 421 g/mol. The van der Waals surface area contributed by atoms with Crippen molar-refractivity contribution in [3.63, 3.8) is 0 Å². The first-order chi connectivity index (χ1) is 13.2. The average Bonchev–Trinajstić information content (AvgIpc) is 3.08. The molecule has 0 aliphatic carbocycles. The first kappa shape index (κ1) is 17.8. The van der Waals surface area contributed by atoms with E-state index in [2.05, 4.69) is 69.9 Å². The van der Waals surface area contributed by atoms with Crippen LogP contribution in [0.25, 0.3) is 22.4 Å². The first-order valence-electron chi connectivity index (χ1n) is 9.17. The van der Waals surface area contributed by atoms with Crippen LogP contribution in [0.3, 0.4) is 0 Å². The van der Waals surface area contributed by atoms with Gasteiger partial charge in [0.2, 0.25) is 0 Å². The van der Waals surface area contributed by atoms with Gasteiger partial charge in [-0.1, -0.05) is 59.3 Å². The van der Waals surface area contributed by atoms with Crippen LogP contribution in [0.2, 0.25) is 0 Å². The van der Waals surface area contributed by atoms with Crippen LogP contribution in [0, 0.1) is 0 Å². The maximum atomic E-state index is 5.98. The monoisotopic (exact) mass is 420 g/mol. The van der Waals surface area contributed by atoms with E-state index in [0.29, 0.717) is 6.61 Å². The van der Waals surface area contributed by atoms with Crippen LogP contribution in [0.15, 0.2) is 77.3 Å². The zero-order valence-corrected chi connectivity index (χ0v) is 16.8. The molecule has 0 aliphatic heterocycles. The van der Waals surface area contributed by atoms with Crippen LogP contribution in [-0.2, 0) is 13.0 Å². The summed E-state index contributed by atoms with van der Waals surface area (Å²) in [5.74, 6) is 1.87.